The minimum Gasteiger partial charge on any atom is -0.335 e. The molecule has 0 N–H and O–H groups in total. The summed E-state index contributed by atoms with van der Waals surface area (Å²) in [6.45, 7) is 5.26. The van der Waals surface area contributed by atoms with Crippen molar-refractivity contribution >= 4 is 5.91 Å². The lowest BCUT2D eigenvalue weighted by atomic mass is 9.85. The molecule has 1 heterocycles. The summed E-state index contributed by atoms with van der Waals surface area (Å²) in [5.74, 6) is 0.621. The van der Waals surface area contributed by atoms with Gasteiger partial charge in [-0.05, 0) is 55.0 Å². The monoisotopic (exact) mass is 484 g/mol. The van der Waals surface area contributed by atoms with E-state index in [4.69, 9.17) is 0 Å². The van der Waals surface area contributed by atoms with Gasteiger partial charge in [0.05, 0.1) is 0 Å². The van der Waals surface area contributed by atoms with Crippen LogP contribution in [0, 0.1) is 18.7 Å². The third-order valence-corrected chi connectivity index (χ3v) is 8.18. The summed E-state index contributed by atoms with van der Waals surface area (Å²) in [4.78, 5) is 18.4. The summed E-state index contributed by atoms with van der Waals surface area (Å²) in [7, 11) is 0. The quantitative estimate of drug-likeness (QED) is 0.367. The Labute approximate surface area is 214 Å². The topological polar surface area (TPSA) is 23.6 Å². The molecule has 0 radical (unpaired) electrons. The maximum atomic E-state index is 14.5. The Bertz CT molecular complexity index is 1160. The van der Waals surface area contributed by atoms with E-state index in [9.17, 15) is 9.18 Å². The molecule has 188 valence electrons. The molecule has 1 aliphatic carbocycles. The molecular formula is C32H37FN2O. The Morgan fingerprint density at radius 3 is 2.33 bits per heavy atom. The molecule has 1 saturated carbocycles. The SMILES string of the molecule is Cc1ccccc1[C@H]1CN(Cc2ccccc2F)C[C@H]1CN(C(=O)c1ccccc1)C1CCCCC1. The zero-order valence-electron chi connectivity index (χ0n) is 21.3. The molecule has 0 bridgehead atoms. The Kier molecular flexibility index (Phi) is 7.81. The van der Waals surface area contributed by atoms with Crippen molar-refractivity contribution in [3.05, 3.63) is 107 Å². The molecule has 1 aliphatic heterocycles. The molecule has 0 aromatic heterocycles. The number of likely N-dealkylation sites (tertiary alicyclic amines) is 1. The van der Waals surface area contributed by atoms with Gasteiger partial charge in [-0.2, -0.15) is 0 Å². The number of aryl methyl sites for hydroxylation is 1. The van der Waals surface area contributed by atoms with Gasteiger partial charge in [0.25, 0.3) is 5.91 Å². The van der Waals surface area contributed by atoms with Gasteiger partial charge in [0.1, 0.15) is 5.82 Å². The molecule has 3 aromatic carbocycles. The van der Waals surface area contributed by atoms with E-state index >= 15 is 0 Å². The van der Waals surface area contributed by atoms with Gasteiger partial charge in [-0.3, -0.25) is 9.69 Å². The average Bonchev–Trinajstić information content (AvgIpc) is 3.31. The van der Waals surface area contributed by atoms with Crippen molar-refractivity contribution in [3.8, 4) is 0 Å². The van der Waals surface area contributed by atoms with Gasteiger partial charge in [-0.15, -0.1) is 0 Å². The number of carbonyl (C=O) groups excluding carboxylic acids is 1. The number of benzene rings is 3. The van der Waals surface area contributed by atoms with E-state index in [1.54, 1.807) is 12.1 Å². The number of rotatable bonds is 7. The van der Waals surface area contributed by atoms with Gasteiger partial charge in [-0.1, -0.05) is 79.9 Å². The highest BCUT2D eigenvalue weighted by atomic mass is 19.1. The summed E-state index contributed by atoms with van der Waals surface area (Å²) in [6.07, 6.45) is 5.80. The summed E-state index contributed by atoms with van der Waals surface area (Å²) >= 11 is 0. The van der Waals surface area contributed by atoms with E-state index in [-0.39, 0.29) is 11.7 Å². The number of carbonyl (C=O) groups is 1. The largest absolute Gasteiger partial charge is 0.335 e. The van der Waals surface area contributed by atoms with Crippen molar-refractivity contribution < 1.29 is 9.18 Å². The van der Waals surface area contributed by atoms with Gasteiger partial charge in [-0.25, -0.2) is 4.39 Å². The second kappa shape index (κ2) is 11.4. The first-order valence-electron chi connectivity index (χ1n) is 13.5. The van der Waals surface area contributed by atoms with Crippen molar-refractivity contribution in [2.24, 2.45) is 5.92 Å². The first-order valence-corrected chi connectivity index (χ1v) is 13.5. The van der Waals surface area contributed by atoms with Gasteiger partial charge in [0.2, 0.25) is 0 Å². The van der Waals surface area contributed by atoms with Gasteiger partial charge in [0.15, 0.2) is 0 Å². The van der Waals surface area contributed by atoms with Crippen molar-refractivity contribution in [1.82, 2.24) is 9.80 Å². The molecular weight excluding hydrogens is 447 g/mol. The second-order valence-electron chi connectivity index (χ2n) is 10.6. The zero-order valence-corrected chi connectivity index (χ0v) is 21.3. The average molecular weight is 485 g/mol. The van der Waals surface area contributed by atoms with Crippen LogP contribution in [-0.2, 0) is 6.54 Å². The molecule has 1 amide bonds. The summed E-state index contributed by atoms with van der Waals surface area (Å²) in [6, 6.07) is 25.8. The van der Waals surface area contributed by atoms with Crippen LogP contribution in [0.25, 0.3) is 0 Å². The first-order chi connectivity index (χ1) is 17.6. The van der Waals surface area contributed by atoms with E-state index in [2.05, 4.69) is 41.0 Å². The predicted molar refractivity (Wildman–Crippen MR) is 143 cm³/mol. The predicted octanol–water partition coefficient (Wildman–Crippen LogP) is 6.82. The standard InChI is InChI=1S/C32H37FN2O/c1-24-12-8-10-18-29(24)30-23-34(20-26-15-9-11-19-31(26)33)21-27(30)22-35(28-16-6-3-7-17-28)32(36)25-13-4-2-5-14-25/h2,4-5,8-15,18-19,27-28,30H,3,6-7,16-17,20-23H2,1H3/t27-,30-/m0/s1. The number of hydrogen-bond donors (Lipinski definition) is 0. The van der Waals surface area contributed by atoms with E-state index in [1.807, 2.05) is 42.5 Å². The Morgan fingerprint density at radius 2 is 1.58 bits per heavy atom. The maximum Gasteiger partial charge on any atom is 0.254 e. The summed E-state index contributed by atoms with van der Waals surface area (Å²) < 4.78 is 14.5. The minimum absolute atomic E-state index is 0.142. The van der Waals surface area contributed by atoms with Gasteiger partial charge >= 0.3 is 0 Å². The molecule has 2 aliphatic rings. The van der Waals surface area contributed by atoms with Crippen LogP contribution in [0.15, 0.2) is 78.9 Å². The summed E-state index contributed by atoms with van der Waals surface area (Å²) in [5.41, 5.74) is 4.16. The van der Waals surface area contributed by atoms with Crippen molar-refractivity contribution in [2.45, 2.75) is 57.5 Å². The van der Waals surface area contributed by atoms with Crippen LogP contribution < -0.4 is 0 Å². The third kappa shape index (κ3) is 5.54. The molecule has 1 saturated heterocycles. The number of amides is 1. The first kappa shape index (κ1) is 24.7. The highest BCUT2D eigenvalue weighted by Crippen LogP contribution is 2.37. The normalized spacial score (nSPS) is 20.9. The third-order valence-electron chi connectivity index (χ3n) is 8.18. The summed E-state index contributed by atoms with van der Waals surface area (Å²) in [5, 5.41) is 0. The van der Waals surface area contributed by atoms with Crippen LogP contribution in [0.4, 0.5) is 4.39 Å². The molecule has 4 heteroatoms. The zero-order chi connectivity index (χ0) is 24.9. The van der Waals surface area contributed by atoms with Crippen molar-refractivity contribution in [3.63, 3.8) is 0 Å². The minimum atomic E-state index is -0.142. The van der Waals surface area contributed by atoms with E-state index in [0.29, 0.717) is 24.4 Å². The molecule has 2 atom stereocenters. The lowest BCUT2D eigenvalue weighted by molar-refractivity contribution is 0.0588. The molecule has 3 aromatic rings. The van der Waals surface area contributed by atoms with E-state index in [0.717, 1.165) is 43.6 Å². The van der Waals surface area contributed by atoms with Crippen LogP contribution >= 0.6 is 0 Å². The Hall–Kier alpha value is -2.98. The number of nitrogens with zero attached hydrogens (tertiary/aromatic N) is 2. The van der Waals surface area contributed by atoms with Crippen LogP contribution in [0.2, 0.25) is 0 Å². The van der Waals surface area contributed by atoms with E-state index in [1.165, 1.54) is 30.4 Å². The highest BCUT2D eigenvalue weighted by Gasteiger charge is 2.38. The molecule has 0 unspecified atom stereocenters. The maximum absolute atomic E-state index is 14.5. The molecule has 5 rings (SSSR count). The molecule has 2 fully saturated rings. The molecule has 3 nitrogen and oxygen atoms in total. The van der Waals surface area contributed by atoms with E-state index < -0.39 is 0 Å². The lowest BCUT2D eigenvalue weighted by Crippen LogP contribution is -2.45. The van der Waals surface area contributed by atoms with Crippen LogP contribution in [0.1, 0.15) is 65.1 Å². The highest BCUT2D eigenvalue weighted by molar-refractivity contribution is 5.94. The van der Waals surface area contributed by atoms with Crippen molar-refractivity contribution in [1.29, 1.82) is 0 Å². The number of hydrogen-bond acceptors (Lipinski definition) is 2. The fraction of sp³-hybridized carbons (Fsp3) is 0.406. The smallest absolute Gasteiger partial charge is 0.254 e. The number of halogens is 1. The molecule has 36 heavy (non-hydrogen) atoms. The second-order valence-corrected chi connectivity index (χ2v) is 10.6. The fourth-order valence-corrected chi connectivity index (χ4v) is 6.29. The Balaban J connectivity index is 1.43. The fourth-order valence-electron chi connectivity index (χ4n) is 6.29. The lowest BCUT2D eigenvalue weighted by Gasteiger charge is -2.37. The Morgan fingerprint density at radius 1 is 0.889 bits per heavy atom. The van der Waals surface area contributed by atoms with Gasteiger partial charge in [0, 0.05) is 49.3 Å². The van der Waals surface area contributed by atoms with Gasteiger partial charge < -0.3 is 4.90 Å². The van der Waals surface area contributed by atoms with Crippen LogP contribution in [0.5, 0.6) is 0 Å². The van der Waals surface area contributed by atoms with Crippen LogP contribution in [0.3, 0.4) is 0 Å². The van der Waals surface area contributed by atoms with Crippen LogP contribution in [-0.4, -0.2) is 41.4 Å². The molecule has 0 spiro atoms. The van der Waals surface area contributed by atoms with Crippen molar-refractivity contribution in [2.75, 3.05) is 19.6 Å².